The Balaban J connectivity index is 1.73. The Bertz CT molecular complexity index is 1280. The Labute approximate surface area is 165 Å². The number of nitrogens with one attached hydrogen (secondary N) is 2. The van der Waals surface area contributed by atoms with E-state index < -0.39 is 0 Å². The molecule has 148 valence electrons. The second-order valence-electron chi connectivity index (χ2n) is 6.88. The minimum atomic E-state index is -0.331. The summed E-state index contributed by atoms with van der Waals surface area (Å²) >= 11 is 0. The zero-order valence-corrected chi connectivity index (χ0v) is 16.5. The second kappa shape index (κ2) is 6.89. The lowest BCUT2D eigenvalue weighted by molar-refractivity contribution is 0.102. The van der Waals surface area contributed by atoms with Gasteiger partial charge in [0.25, 0.3) is 11.5 Å². The first-order valence-corrected chi connectivity index (χ1v) is 8.91. The lowest BCUT2D eigenvalue weighted by atomic mass is 10.2. The Kier molecular flexibility index (Phi) is 4.38. The number of amides is 1. The van der Waals surface area contributed by atoms with E-state index in [9.17, 15) is 9.59 Å². The van der Waals surface area contributed by atoms with Crippen LogP contribution in [-0.2, 0) is 7.05 Å². The number of hydrogen-bond donors (Lipinski definition) is 2. The van der Waals surface area contributed by atoms with Crippen molar-refractivity contribution in [2.24, 2.45) is 7.05 Å². The molecule has 0 bridgehead atoms. The Morgan fingerprint density at radius 2 is 2.03 bits per heavy atom. The summed E-state index contributed by atoms with van der Waals surface area (Å²) in [6, 6.07) is 8.98. The van der Waals surface area contributed by atoms with E-state index in [-0.39, 0.29) is 17.4 Å². The van der Waals surface area contributed by atoms with Crippen LogP contribution in [0.4, 0.5) is 11.5 Å². The maximum Gasteiger partial charge on any atom is 0.263 e. The number of rotatable bonds is 4. The van der Waals surface area contributed by atoms with E-state index in [0.717, 1.165) is 5.69 Å². The molecule has 0 atom stereocenters. The first kappa shape index (κ1) is 18.4. The number of H-pyrrole nitrogens is 1. The average Bonchev–Trinajstić information content (AvgIpc) is 3.24. The van der Waals surface area contributed by atoms with Gasteiger partial charge in [0.1, 0.15) is 11.2 Å². The first-order valence-electron chi connectivity index (χ1n) is 8.91. The second-order valence-corrected chi connectivity index (χ2v) is 6.88. The molecule has 1 amide bonds. The number of aromatic amines is 1. The molecule has 0 unspecified atom stereocenters. The van der Waals surface area contributed by atoms with Crippen LogP contribution < -0.4 is 15.8 Å². The predicted molar refractivity (Wildman–Crippen MR) is 110 cm³/mol. The number of nitrogens with zero attached hydrogens (tertiary/aromatic N) is 6. The van der Waals surface area contributed by atoms with Crippen LogP contribution >= 0.6 is 0 Å². The Morgan fingerprint density at radius 3 is 2.79 bits per heavy atom. The van der Waals surface area contributed by atoms with Crippen LogP contribution in [0.3, 0.4) is 0 Å². The maximum absolute atomic E-state index is 12.8. The van der Waals surface area contributed by atoms with Gasteiger partial charge in [-0.05, 0) is 25.1 Å². The summed E-state index contributed by atoms with van der Waals surface area (Å²) in [7, 11) is 5.52. The number of carbonyl (C=O) groups is 1. The fourth-order valence-corrected chi connectivity index (χ4v) is 2.99. The molecule has 0 aliphatic heterocycles. The van der Waals surface area contributed by atoms with Gasteiger partial charge < -0.3 is 10.2 Å². The maximum atomic E-state index is 12.8. The predicted octanol–water partition coefficient (Wildman–Crippen LogP) is 1.47. The van der Waals surface area contributed by atoms with Gasteiger partial charge in [0, 0.05) is 38.5 Å². The molecule has 0 radical (unpaired) electrons. The highest BCUT2D eigenvalue weighted by molar-refractivity contribution is 6.04. The van der Waals surface area contributed by atoms with Gasteiger partial charge in [-0.15, -0.1) is 0 Å². The molecule has 4 aromatic rings. The molecule has 10 nitrogen and oxygen atoms in total. The zero-order valence-electron chi connectivity index (χ0n) is 16.5. The van der Waals surface area contributed by atoms with Gasteiger partial charge in [-0.1, -0.05) is 6.07 Å². The van der Waals surface area contributed by atoms with E-state index in [4.69, 9.17) is 0 Å². The van der Waals surface area contributed by atoms with Gasteiger partial charge in [0.2, 0.25) is 5.95 Å². The van der Waals surface area contributed by atoms with Gasteiger partial charge in [-0.2, -0.15) is 19.9 Å². The monoisotopic (exact) mass is 392 g/mol. The van der Waals surface area contributed by atoms with Crippen LogP contribution in [0.2, 0.25) is 0 Å². The first-order chi connectivity index (χ1) is 13.8. The van der Waals surface area contributed by atoms with Crippen molar-refractivity contribution >= 4 is 28.4 Å². The Morgan fingerprint density at radius 1 is 1.24 bits per heavy atom. The quantitative estimate of drug-likeness (QED) is 0.544. The number of carbonyl (C=O) groups excluding carboxylic acids is 1. The summed E-state index contributed by atoms with van der Waals surface area (Å²) in [5.74, 6) is 0.294. The van der Waals surface area contributed by atoms with Crippen molar-refractivity contribution in [1.82, 2.24) is 29.5 Å². The SMILES string of the molecule is Cc1cc(NC(=O)c2cccc(N(C)C)c2)n(-c2nc3c(cnn3C)c(=O)[nH]2)n1. The smallest absolute Gasteiger partial charge is 0.263 e. The van der Waals surface area contributed by atoms with Gasteiger partial charge in [0.05, 0.1) is 11.9 Å². The number of benzene rings is 1. The van der Waals surface area contributed by atoms with E-state index in [1.165, 1.54) is 15.6 Å². The normalized spacial score (nSPS) is 11.0. The van der Waals surface area contributed by atoms with Gasteiger partial charge in [-0.3, -0.25) is 19.3 Å². The molecule has 4 rings (SSSR count). The summed E-state index contributed by atoms with van der Waals surface area (Å²) in [6.45, 7) is 1.79. The lowest BCUT2D eigenvalue weighted by Gasteiger charge is -2.13. The molecule has 0 saturated carbocycles. The molecule has 0 aliphatic rings. The molecule has 10 heteroatoms. The highest BCUT2D eigenvalue weighted by Gasteiger charge is 2.16. The number of anilines is 2. The zero-order chi connectivity index (χ0) is 20.7. The summed E-state index contributed by atoms with van der Waals surface area (Å²) in [5.41, 5.74) is 2.17. The Hall–Kier alpha value is -3.95. The molecule has 0 spiro atoms. The van der Waals surface area contributed by atoms with Crippen molar-refractivity contribution < 1.29 is 4.79 Å². The number of hydrogen-bond acceptors (Lipinski definition) is 6. The van der Waals surface area contributed by atoms with Crippen molar-refractivity contribution in [1.29, 1.82) is 0 Å². The lowest BCUT2D eigenvalue weighted by Crippen LogP contribution is -2.19. The van der Waals surface area contributed by atoms with Crippen molar-refractivity contribution in [3.05, 3.63) is 58.1 Å². The van der Waals surface area contributed by atoms with E-state index in [1.54, 1.807) is 32.2 Å². The van der Waals surface area contributed by atoms with Crippen LogP contribution in [0.15, 0.2) is 41.3 Å². The van der Waals surface area contributed by atoms with E-state index in [1.807, 2.05) is 31.1 Å². The van der Waals surface area contributed by atoms with E-state index in [0.29, 0.717) is 28.1 Å². The topological polar surface area (TPSA) is 114 Å². The molecule has 1 aromatic carbocycles. The standard InChI is InChI=1S/C19H20N8O2/c1-11-8-15(21-17(28)12-6-5-7-13(9-12)25(2)3)27(24-11)19-22-16-14(18(29)23-19)10-20-26(16)4/h5-10H,1-4H3,(H,21,28)(H,22,23,29). The fourth-order valence-electron chi connectivity index (χ4n) is 2.99. The van der Waals surface area contributed by atoms with Crippen LogP contribution in [0.1, 0.15) is 16.1 Å². The van der Waals surface area contributed by atoms with Crippen LogP contribution in [0.5, 0.6) is 0 Å². The molecular formula is C19H20N8O2. The molecule has 0 aliphatic carbocycles. The van der Waals surface area contributed by atoms with Crippen LogP contribution in [0, 0.1) is 6.92 Å². The highest BCUT2D eigenvalue weighted by Crippen LogP contribution is 2.18. The van der Waals surface area contributed by atoms with Gasteiger partial charge >= 0.3 is 0 Å². The third-order valence-corrected chi connectivity index (χ3v) is 4.49. The average molecular weight is 392 g/mol. The minimum absolute atomic E-state index is 0.191. The largest absolute Gasteiger partial charge is 0.378 e. The van der Waals surface area contributed by atoms with Crippen molar-refractivity contribution in [2.75, 3.05) is 24.3 Å². The fraction of sp³-hybridized carbons (Fsp3) is 0.211. The number of aryl methyl sites for hydroxylation is 2. The third-order valence-electron chi connectivity index (χ3n) is 4.49. The van der Waals surface area contributed by atoms with Gasteiger partial charge in [-0.25, -0.2) is 0 Å². The summed E-state index contributed by atoms with van der Waals surface area (Å²) in [4.78, 5) is 34.2. The molecule has 29 heavy (non-hydrogen) atoms. The summed E-state index contributed by atoms with van der Waals surface area (Å²) in [6.07, 6.45) is 1.46. The number of fused-ring (bicyclic) bond motifs is 1. The molecule has 3 heterocycles. The van der Waals surface area contributed by atoms with Crippen molar-refractivity contribution in [2.45, 2.75) is 6.92 Å². The summed E-state index contributed by atoms with van der Waals surface area (Å²) < 4.78 is 2.91. The third kappa shape index (κ3) is 3.35. The van der Waals surface area contributed by atoms with E-state index >= 15 is 0 Å². The molecule has 2 N–H and O–H groups in total. The molecular weight excluding hydrogens is 372 g/mol. The van der Waals surface area contributed by atoms with Crippen molar-refractivity contribution in [3.8, 4) is 5.95 Å². The number of aromatic nitrogens is 6. The summed E-state index contributed by atoms with van der Waals surface area (Å²) in [5, 5.41) is 11.7. The molecule has 0 saturated heterocycles. The van der Waals surface area contributed by atoms with Crippen LogP contribution in [-0.4, -0.2) is 49.5 Å². The van der Waals surface area contributed by atoms with Crippen molar-refractivity contribution in [3.63, 3.8) is 0 Å². The minimum Gasteiger partial charge on any atom is -0.378 e. The van der Waals surface area contributed by atoms with Crippen LogP contribution in [0.25, 0.3) is 17.0 Å². The molecule has 3 aromatic heterocycles. The van der Waals surface area contributed by atoms with E-state index in [2.05, 4.69) is 25.5 Å². The van der Waals surface area contributed by atoms with Gasteiger partial charge in [0.15, 0.2) is 5.65 Å². The highest BCUT2D eigenvalue weighted by atomic mass is 16.2. The molecule has 0 fully saturated rings.